The molecule has 0 amide bonds. The minimum atomic E-state index is 0.714. The smallest absolute Gasteiger partial charge is 0.0768 e. The Balaban J connectivity index is 1.96. The first kappa shape index (κ1) is 10.4. The van der Waals surface area contributed by atoms with Gasteiger partial charge in [0.2, 0.25) is 0 Å². The van der Waals surface area contributed by atoms with Gasteiger partial charge in [0.15, 0.2) is 0 Å². The van der Waals surface area contributed by atoms with Gasteiger partial charge in [-0.3, -0.25) is 9.98 Å². The fourth-order valence-corrected chi connectivity index (χ4v) is 1.74. The monoisotopic (exact) mass is 220 g/mol. The van der Waals surface area contributed by atoms with Crippen LogP contribution in [-0.4, -0.2) is 25.0 Å². The van der Waals surface area contributed by atoms with Gasteiger partial charge in [-0.15, -0.1) is 0 Å². The summed E-state index contributed by atoms with van der Waals surface area (Å²) < 4.78 is 0. The van der Waals surface area contributed by atoms with Crippen LogP contribution >= 0.6 is 11.6 Å². The second-order valence-electron chi connectivity index (χ2n) is 3.54. The summed E-state index contributed by atoms with van der Waals surface area (Å²) in [6, 6.07) is 7.71. The van der Waals surface area contributed by atoms with Crippen LogP contribution in [-0.2, 0) is 0 Å². The van der Waals surface area contributed by atoms with Crippen LogP contribution in [0.2, 0.25) is 5.02 Å². The molecule has 15 heavy (non-hydrogen) atoms. The molecule has 0 radical (unpaired) electrons. The highest BCUT2D eigenvalue weighted by atomic mass is 35.5. The van der Waals surface area contributed by atoms with Crippen LogP contribution in [0.3, 0.4) is 0 Å². The molecule has 2 rings (SSSR count). The zero-order chi connectivity index (χ0) is 10.5. The van der Waals surface area contributed by atoms with Gasteiger partial charge in [0, 0.05) is 29.1 Å². The second-order valence-corrected chi connectivity index (χ2v) is 3.95. The van der Waals surface area contributed by atoms with Crippen molar-refractivity contribution in [3.8, 4) is 0 Å². The maximum atomic E-state index is 6.00. The molecule has 0 fully saturated rings. The molecular weight excluding hydrogens is 208 g/mol. The van der Waals surface area contributed by atoms with Gasteiger partial charge < -0.3 is 0 Å². The summed E-state index contributed by atoms with van der Waals surface area (Å²) in [7, 11) is 0. The summed E-state index contributed by atoms with van der Waals surface area (Å²) in [6.45, 7) is 1.68. The van der Waals surface area contributed by atoms with Crippen LogP contribution < -0.4 is 0 Å². The molecule has 0 aliphatic carbocycles. The van der Waals surface area contributed by atoms with Crippen LogP contribution in [0.25, 0.3) is 0 Å². The van der Waals surface area contributed by atoms with Crippen molar-refractivity contribution in [1.82, 2.24) is 0 Å². The molecule has 0 saturated heterocycles. The third-order valence-corrected chi connectivity index (χ3v) is 2.71. The Morgan fingerprint density at radius 2 is 2.27 bits per heavy atom. The largest absolute Gasteiger partial charge is 0.292 e. The molecular formula is C12H13ClN2. The fourth-order valence-electron chi connectivity index (χ4n) is 1.56. The summed E-state index contributed by atoms with van der Waals surface area (Å²) in [5.41, 5.74) is 2.18. The lowest BCUT2D eigenvalue weighted by molar-refractivity contribution is 0.949. The first-order valence-corrected chi connectivity index (χ1v) is 5.50. The van der Waals surface area contributed by atoms with E-state index in [1.54, 1.807) is 0 Å². The molecule has 0 bridgehead atoms. The summed E-state index contributed by atoms with van der Waals surface area (Å²) in [4.78, 5) is 8.70. The van der Waals surface area contributed by atoms with Gasteiger partial charge in [0.05, 0.1) is 6.54 Å². The second kappa shape index (κ2) is 5.08. The topological polar surface area (TPSA) is 24.7 Å². The third kappa shape index (κ3) is 2.90. The summed E-state index contributed by atoms with van der Waals surface area (Å²) in [5.74, 6) is 0. The molecule has 0 saturated carbocycles. The zero-order valence-electron chi connectivity index (χ0n) is 8.49. The van der Waals surface area contributed by atoms with E-state index in [1.807, 2.05) is 30.5 Å². The maximum Gasteiger partial charge on any atom is 0.0768 e. The molecule has 0 spiro atoms. The summed E-state index contributed by atoms with van der Waals surface area (Å²) in [6.07, 6.45) is 4.10. The Hall–Kier alpha value is -1.15. The normalized spacial score (nSPS) is 15.9. The Kier molecular flexibility index (Phi) is 3.51. The van der Waals surface area contributed by atoms with Gasteiger partial charge in [-0.2, -0.15) is 0 Å². The first-order valence-electron chi connectivity index (χ1n) is 5.13. The predicted octanol–water partition coefficient (Wildman–Crippen LogP) is 2.99. The molecule has 3 heteroatoms. The van der Waals surface area contributed by atoms with Gasteiger partial charge in [-0.05, 0) is 18.9 Å². The van der Waals surface area contributed by atoms with Gasteiger partial charge in [0.1, 0.15) is 0 Å². The van der Waals surface area contributed by atoms with Crippen molar-refractivity contribution in [3.63, 3.8) is 0 Å². The average Bonchev–Trinajstić information content (AvgIpc) is 2.74. The van der Waals surface area contributed by atoms with E-state index in [-0.39, 0.29) is 0 Å². The van der Waals surface area contributed by atoms with Crippen molar-refractivity contribution in [2.24, 2.45) is 9.98 Å². The first-order chi connectivity index (χ1) is 7.36. The van der Waals surface area contributed by atoms with E-state index in [2.05, 4.69) is 9.98 Å². The number of nitrogens with zero attached hydrogens (tertiary/aromatic N) is 2. The van der Waals surface area contributed by atoms with Crippen LogP contribution in [0.1, 0.15) is 18.4 Å². The molecule has 0 aromatic heterocycles. The Morgan fingerprint density at radius 3 is 3.00 bits per heavy atom. The fraction of sp³-hybridized carbons (Fsp3) is 0.333. The van der Waals surface area contributed by atoms with E-state index in [1.165, 1.54) is 12.1 Å². The number of hydrogen-bond donors (Lipinski definition) is 0. The van der Waals surface area contributed by atoms with Gasteiger partial charge in [0.25, 0.3) is 0 Å². The van der Waals surface area contributed by atoms with E-state index in [9.17, 15) is 0 Å². The molecule has 1 heterocycles. The van der Waals surface area contributed by atoms with Crippen molar-refractivity contribution in [2.75, 3.05) is 13.1 Å². The maximum absolute atomic E-state index is 6.00. The van der Waals surface area contributed by atoms with Crippen LogP contribution in [0.4, 0.5) is 0 Å². The zero-order valence-corrected chi connectivity index (χ0v) is 9.24. The number of rotatable bonds is 3. The SMILES string of the molecule is Clc1ccccc1C=NCC1=NCCC1. The van der Waals surface area contributed by atoms with E-state index >= 15 is 0 Å². The molecule has 0 atom stereocenters. The van der Waals surface area contributed by atoms with E-state index in [4.69, 9.17) is 11.6 Å². The Bertz CT molecular complexity index is 396. The van der Waals surface area contributed by atoms with E-state index < -0.39 is 0 Å². The molecule has 0 unspecified atom stereocenters. The van der Waals surface area contributed by atoms with Crippen molar-refractivity contribution in [3.05, 3.63) is 34.9 Å². The molecule has 0 N–H and O–H groups in total. The molecule has 78 valence electrons. The molecule has 1 aliphatic rings. The number of hydrogen-bond acceptors (Lipinski definition) is 2. The van der Waals surface area contributed by atoms with E-state index in [0.29, 0.717) is 6.54 Å². The molecule has 1 aromatic rings. The van der Waals surface area contributed by atoms with Gasteiger partial charge in [-0.25, -0.2) is 0 Å². The third-order valence-electron chi connectivity index (χ3n) is 2.37. The highest BCUT2D eigenvalue weighted by molar-refractivity contribution is 6.33. The van der Waals surface area contributed by atoms with Crippen molar-refractivity contribution in [1.29, 1.82) is 0 Å². The van der Waals surface area contributed by atoms with Gasteiger partial charge in [-0.1, -0.05) is 29.8 Å². The average molecular weight is 221 g/mol. The standard InChI is InChI=1S/C12H13ClN2/c13-12-6-2-1-4-10(12)8-14-9-11-5-3-7-15-11/h1-2,4,6,8H,3,5,7,9H2. The van der Waals surface area contributed by atoms with Crippen molar-refractivity contribution >= 4 is 23.5 Å². The lowest BCUT2D eigenvalue weighted by Crippen LogP contribution is -1.98. The molecule has 1 aliphatic heterocycles. The van der Waals surface area contributed by atoms with Crippen LogP contribution in [0.5, 0.6) is 0 Å². The lowest BCUT2D eigenvalue weighted by atomic mass is 10.2. The number of benzene rings is 1. The lowest BCUT2D eigenvalue weighted by Gasteiger charge is -1.96. The molecule has 2 nitrogen and oxygen atoms in total. The predicted molar refractivity (Wildman–Crippen MR) is 65.4 cm³/mol. The summed E-state index contributed by atoms with van der Waals surface area (Å²) in [5, 5.41) is 0.745. The molecule has 1 aromatic carbocycles. The van der Waals surface area contributed by atoms with Gasteiger partial charge >= 0.3 is 0 Å². The highest BCUT2D eigenvalue weighted by Crippen LogP contribution is 2.12. The van der Waals surface area contributed by atoms with Crippen molar-refractivity contribution in [2.45, 2.75) is 12.8 Å². The Morgan fingerprint density at radius 1 is 1.40 bits per heavy atom. The quantitative estimate of drug-likeness (QED) is 0.700. The number of aliphatic imine (C=N–C) groups is 2. The minimum Gasteiger partial charge on any atom is -0.292 e. The Labute approximate surface area is 94.7 Å². The minimum absolute atomic E-state index is 0.714. The highest BCUT2D eigenvalue weighted by Gasteiger charge is 2.03. The van der Waals surface area contributed by atoms with Crippen LogP contribution in [0.15, 0.2) is 34.3 Å². The van der Waals surface area contributed by atoms with E-state index in [0.717, 1.165) is 23.6 Å². The summed E-state index contributed by atoms with van der Waals surface area (Å²) >= 11 is 6.00. The number of halogens is 1. The van der Waals surface area contributed by atoms with Crippen LogP contribution in [0, 0.1) is 0 Å². The van der Waals surface area contributed by atoms with Crippen molar-refractivity contribution < 1.29 is 0 Å².